The van der Waals surface area contributed by atoms with Gasteiger partial charge in [-0.05, 0) is 6.42 Å². The molecule has 3 N–H and O–H groups in total. The summed E-state index contributed by atoms with van der Waals surface area (Å²) in [6.45, 7) is 4.27. The van der Waals surface area contributed by atoms with Gasteiger partial charge in [-0.3, -0.25) is 0 Å². The van der Waals surface area contributed by atoms with Crippen molar-refractivity contribution < 1.29 is 0 Å². The Morgan fingerprint density at radius 3 is 2.50 bits per heavy atom. The van der Waals surface area contributed by atoms with Gasteiger partial charge < -0.3 is 11.1 Å². The molecule has 0 radical (unpaired) electrons. The highest BCUT2D eigenvalue weighted by molar-refractivity contribution is 4.96. The molecule has 60 valence electrons. The van der Waals surface area contributed by atoms with Gasteiger partial charge in [0, 0.05) is 18.6 Å². The van der Waals surface area contributed by atoms with Crippen LogP contribution in [-0.2, 0) is 0 Å². The Balaban J connectivity index is 2.01. The zero-order chi connectivity index (χ0) is 7.45. The summed E-state index contributed by atoms with van der Waals surface area (Å²) < 4.78 is 0. The minimum Gasteiger partial charge on any atom is -0.323 e. The van der Waals surface area contributed by atoms with E-state index in [1.54, 1.807) is 0 Å². The Bertz CT molecular complexity index is 97.4. The van der Waals surface area contributed by atoms with Crippen LogP contribution >= 0.6 is 0 Å². The number of hydrogen-bond donors (Lipinski definition) is 2. The van der Waals surface area contributed by atoms with Crippen LogP contribution in [0.1, 0.15) is 32.6 Å². The first kappa shape index (κ1) is 8.02. The van der Waals surface area contributed by atoms with Crippen molar-refractivity contribution in [1.29, 1.82) is 0 Å². The van der Waals surface area contributed by atoms with E-state index in [9.17, 15) is 0 Å². The summed E-state index contributed by atoms with van der Waals surface area (Å²) in [5.74, 6) is 0. The maximum atomic E-state index is 5.98. The molecule has 0 bridgehead atoms. The molecule has 0 saturated carbocycles. The fourth-order valence-corrected chi connectivity index (χ4v) is 1.35. The normalized spacial score (nSPS) is 22.2. The van der Waals surface area contributed by atoms with Crippen LogP contribution in [0, 0.1) is 0 Å². The summed E-state index contributed by atoms with van der Waals surface area (Å²) in [5.41, 5.74) is 6.14. The SMILES string of the molecule is CCCCCC1(N)CNC1. The van der Waals surface area contributed by atoms with Crippen LogP contribution in [-0.4, -0.2) is 18.6 Å². The fourth-order valence-electron chi connectivity index (χ4n) is 1.35. The van der Waals surface area contributed by atoms with Crippen molar-refractivity contribution in [2.24, 2.45) is 5.73 Å². The average Bonchev–Trinajstić information content (AvgIpc) is 1.85. The van der Waals surface area contributed by atoms with Crippen LogP contribution in [0.4, 0.5) is 0 Å². The number of nitrogens with two attached hydrogens (primary N) is 1. The molecule has 1 fully saturated rings. The largest absolute Gasteiger partial charge is 0.323 e. The Kier molecular flexibility index (Phi) is 2.69. The molecule has 0 aromatic heterocycles. The van der Waals surface area contributed by atoms with Gasteiger partial charge in [-0.1, -0.05) is 26.2 Å². The van der Waals surface area contributed by atoms with Gasteiger partial charge in [-0.25, -0.2) is 0 Å². The van der Waals surface area contributed by atoms with Crippen molar-refractivity contribution in [3.05, 3.63) is 0 Å². The highest BCUT2D eigenvalue weighted by Gasteiger charge is 2.30. The van der Waals surface area contributed by atoms with E-state index in [4.69, 9.17) is 5.73 Å². The van der Waals surface area contributed by atoms with Gasteiger partial charge in [0.15, 0.2) is 0 Å². The first-order valence-electron chi connectivity index (χ1n) is 4.26. The van der Waals surface area contributed by atoms with Crippen LogP contribution in [0.2, 0.25) is 0 Å². The van der Waals surface area contributed by atoms with Gasteiger partial charge in [0.2, 0.25) is 0 Å². The van der Waals surface area contributed by atoms with E-state index in [1.165, 1.54) is 25.7 Å². The van der Waals surface area contributed by atoms with E-state index >= 15 is 0 Å². The molecule has 0 aliphatic carbocycles. The molecule has 0 aromatic carbocycles. The standard InChI is InChI=1S/C8H18N2/c1-2-3-4-5-8(9)6-10-7-8/h10H,2-7,9H2,1H3. The van der Waals surface area contributed by atoms with Crippen LogP contribution < -0.4 is 11.1 Å². The van der Waals surface area contributed by atoms with E-state index in [0.29, 0.717) is 0 Å². The van der Waals surface area contributed by atoms with Crippen LogP contribution in [0.3, 0.4) is 0 Å². The number of rotatable bonds is 4. The Hall–Kier alpha value is -0.0800. The van der Waals surface area contributed by atoms with Crippen LogP contribution in [0.25, 0.3) is 0 Å². The molecule has 10 heavy (non-hydrogen) atoms. The Morgan fingerprint density at radius 2 is 2.10 bits per heavy atom. The number of unbranched alkanes of at least 4 members (excludes halogenated alkanes) is 2. The lowest BCUT2D eigenvalue weighted by Gasteiger charge is -2.39. The molecule has 0 aromatic rings. The van der Waals surface area contributed by atoms with E-state index in [0.717, 1.165) is 13.1 Å². The zero-order valence-corrected chi connectivity index (χ0v) is 6.82. The summed E-state index contributed by atoms with van der Waals surface area (Å²) in [4.78, 5) is 0. The molecule has 1 saturated heterocycles. The van der Waals surface area contributed by atoms with Gasteiger partial charge in [0.05, 0.1) is 0 Å². The monoisotopic (exact) mass is 142 g/mol. The molecule has 1 aliphatic heterocycles. The summed E-state index contributed by atoms with van der Waals surface area (Å²) in [7, 11) is 0. The topological polar surface area (TPSA) is 38.0 Å². The first-order chi connectivity index (χ1) is 4.77. The predicted octanol–water partition coefficient (Wildman–Crippen LogP) is 0.867. The lowest BCUT2D eigenvalue weighted by Crippen LogP contribution is -2.65. The molecule has 0 amide bonds. The molecule has 0 atom stereocenters. The molecule has 0 spiro atoms. The van der Waals surface area contributed by atoms with E-state index < -0.39 is 0 Å². The van der Waals surface area contributed by atoms with Gasteiger partial charge >= 0.3 is 0 Å². The van der Waals surface area contributed by atoms with E-state index in [-0.39, 0.29) is 5.54 Å². The molecule has 0 unspecified atom stereocenters. The van der Waals surface area contributed by atoms with Crippen molar-refractivity contribution in [2.75, 3.05) is 13.1 Å². The minimum atomic E-state index is 0.162. The molecule has 1 aliphatic rings. The van der Waals surface area contributed by atoms with Crippen molar-refractivity contribution in [3.8, 4) is 0 Å². The van der Waals surface area contributed by atoms with E-state index in [2.05, 4.69) is 12.2 Å². The second-order valence-corrected chi connectivity index (χ2v) is 3.42. The Labute approximate surface area is 63.2 Å². The number of hydrogen-bond acceptors (Lipinski definition) is 2. The second-order valence-electron chi connectivity index (χ2n) is 3.42. The van der Waals surface area contributed by atoms with Crippen LogP contribution in [0.15, 0.2) is 0 Å². The van der Waals surface area contributed by atoms with Crippen molar-refractivity contribution in [2.45, 2.75) is 38.1 Å². The fraction of sp³-hybridized carbons (Fsp3) is 1.00. The first-order valence-corrected chi connectivity index (χ1v) is 4.26. The predicted molar refractivity (Wildman–Crippen MR) is 43.9 cm³/mol. The molecule has 2 nitrogen and oxygen atoms in total. The lowest BCUT2D eigenvalue weighted by molar-refractivity contribution is 0.255. The second kappa shape index (κ2) is 3.35. The molecule has 2 heteroatoms. The van der Waals surface area contributed by atoms with Crippen LogP contribution in [0.5, 0.6) is 0 Å². The third kappa shape index (κ3) is 1.96. The Morgan fingerprint density at radius 1 is 1.40 bits per heavy atom. The third-order valence-electron chi connectivity index (χ3n) is 2.23. The maximum absolute atomic E-state index is 5.98. The maximum Gasteiger partial charge on any atom is 0.0407 e. The minimum absolute atomic E-state index is 0.162. The summed E-state index contributed by atoms with van der Waals surface area (Å²) >= 11 is 0. The average molecular weight is 142 g/mol. The van der Waals surface area contributed by atoms with Gasteiger partial charge in [0.1, 0.15) is 0 Å². The third-order valence-corrected chi connectivity index (χ3v) is 2.23. The lowest BCUT2D eigenvalue weighted by atomic mass is 9.88. The van der Waals surface area contributed by atoms with Crippen molar-refractivity contribution in [3.63, 3.8) is 0 Å². The summed E-state index contributed by atoms with van der Waals surface area (Å²) in [6.07, 6.45) is 5.13. The highest BCUT2D eigenvalue weighted by atomic mass is 15.1. The van der Waals surface area contributed by atoms with Gasteiger partial charge in [0.25, 0.3) is 0 Å². The van der Waals surface area contributed by atoms with Gasteiger partial charge in [-0.15, -0.1) is 0 Å². The zero-order valence-electron chi connectivity index (χ0n) is 6.82. The summed E-state index contributed by atoms with van der Waals surface area (Å²) in [6, 6.07) is 0. The molecular weight excluding hydrogens is 124 g/mol. The van der Waals surface area contributed by atoms with Gasteiger partial charge in [-0.2, -0.15) is 0 Å². The smallest absolute Gasteiger partial charge is 0.0407 e. The molecule has 1 rings (SSSR count). The summed E-state index contributed by atoms with van der Waals surface area (Å²) in [5, 5.41) is 3.20. The highest BCUT2D eigenvalue weighted by Crippen LogP contribution is 2.15. The molecule has 1 heterocycles. The van der Waals surface area contributed by atoms with Crippen molar-refractivity contribution >= 4 is 0 Å². The quantitative estimate of drug-likeness (QED) is 0.571. The number of nitrogens with one attached hydrogen (secondary N) is 1. The van der Waals surface area contributed by atoms with Crippen molar-refractivity contribution in [1.82, 2.24) is 5.32 Å². The van der Waals surface area contributed by atoms with E-state index in [1.807, 2.05) is 0 Å². The molecular formula is C8H18N2.